The van der Waals surface area contributed by atoms with E-state index in [1.54, 1.807) is 19.1 Å². The summed E-state index contributed by atoms with van der Waals surface area (Å²) in [6.07, 6.45) is 0. The largest absolute Gasteiger partial charge is 0.487 e. The number of anilines is 1. The molecule has 1 N–H and O–H groups in total. The Hall–Kier alpha value is -2.06. The zero-order valence-corrected chi connectivity index (χ0v) is 15.2. The Balaban J connectivity index is 1.98. The molecule has 0 unspecified atom stereocenters. The maximum Gasteiger partial charge on any atom is 0.326 e. The van der Waals surface area contributed by atoms with Crippen LogP contribution in [0.5, 0.6) is 5.75 Å². The van der Waals surface area contributed by atoms with Crippen LogP contribution in [0.2, 0.25) is 0 Å². The first-order valence-corrected chi connectivity index (χ1v) is 9.40. The maximum absolute atomic E-state index is 12.2. The van der Waals surface area contributed by atoms with E-state index in [4.69, 9.17) is 4.74 Å². The van der Waals surface area contributed by atoms with Crippen molar-refractivity contribution >= 4 is 37.7 Å². The lowest BCUT2D eigenvalue weighted by molar-refractivity contribution is -0.117. The number of hydrogen-bond acceptors (Lipinski definition) is 4. The molecule has 1 heterocycles. The van der Waals surface area contributed by atoms with Gasteiger partial charge in [-0.25, -0.2) is 9.03 Å². The van der Waals surface area contributed by atoms with Crippen molar-refractivity contribution in [1.29, 1.82) is 0 Å². The van der Waals surface area contributed by atoms with Gasteiger partial charge in [0.2, 0.25) is 0 Å². The number of hydrogen-bond donors (Lipinski definition) is 1. The predicted molar refractivity (Wildman–Crippen MR) is 94.1 cm³/mol. The Morgan fingerprint density at radius 2 is 1.96 bits per heavy atom. The number of aryl methyl sites for hydroxylation is 1. The third kappa shape index (κ3) is 3.39. The summed E-state index contributed by atoms with van der Waals surface area (Å²) in [5.41, 5.74) is 2.01. The number of benzene rings is 2. The lowest BCUT2D eigenvalue weighted by Crippen LogP contribution is -2.30. The molecule has 1 fully saturated rings. The van der Waals surface area contributed by atoms with Crippen LogP contribution in [0.25, 0.3) is 0 Å². The highest BCUT2D eigenvalue weighted by Gasteiger charge is 2.36. The van der Waals surface area contributed by atoms with Crippen LogP contribution in [0.4, 0.5) is 5.69 Å². The van der Waals surface area contributed by atoms with Gasteiger partial charge in [-0.15, -0.1) is 0 Å². The van der Waals surface area contributed by atoms with Gasteiger partial charge in [-0.3, -0.25) is 4.79 Å². The van der Waals surface area contributed by atoms with Crippen molar-refractivity contribution < 1.29 is 17.9 Å². The van der Waals surface area contributed by atoms with Crippen LogP contribution >= 0.6 is 15.9 Å². The van der Waals surface area contributed by atoms with E-state index in [0.29, 0.717) is 23.6 Å². The fourth-order valence-corrected chi connectivity index (χ4v) is 4.29. The molecule has 3 rings (SSSR count). The second-order valence-electron chi connectivity index (χ2n) is 5.38. The third-order valence-electron chi connectivity index (χ3n) is 3.54. The van der Waals surface area contributed by atoms with Crippen LogP contribution in [0.1, 0.15) is 11.1 Å². The molecule has 24 heavy (non-hydrogen) atoms. The van der Waals surface area contributed by atoms with Crippen LogP contribution in [0.15, 0.2) is 46.9 Å². The average molecular weight is 411 g/mol. The molecule has 2 aromatic rings. The highest BCUT2D eigenvalue weighted by Crippen LogP contribution is 2.38. The van der Waals surface area contributed by atoms with Gasteiger partial charge in [0, 0.05) is 4.47 Å². The standard InChI is InChI=1S/C16H15BrN2O4S/c1-11-7-13(17)8-14(23-10-12-5-3-2-4-6-12)16(11)19-9-15(20)18-24(19,21)22/h2-8H,9-10H2,1H3,(H,18,20). The molecule has 0 aromatic heterocycles. The Bertz CT molecular complexity index is 884. The van der Waals surface area contributed by atoms with Crippen LogP contribution in [-0.4, -0.2) is 20.9 Å². The lowest BCUT2D eigenvalue weighted by atomic mass is 10.1. The van der Waals surface area contributed by atoms with Crippen LogP contribution in [0.3, 0.4) is 0 Å². The summed E-state index contributed by atoms with van der Waals surface area (Å²) in [5, 5.41) is 0. The molecule has 0 saturated carbocycles. The Morgan fingerprint density at radius 3 is 2.58 bits per heavy atom. The Morgan fingerprint density at radius 1 is 1.25 bits per heavy atom. The van der Waals surface area contributed by atoms with Crippen molar-refractivity contribution in [1.82, 2.24) is 4.72 Å². The van der Waals surface area contributed by atoms with E-state index < -0.39 is 16.1 Å². The molecule has 0 radical (unpaired) electrons. The smallest absolute Gasteiger partial charge is 0.326 e. The maximum atomic E-state index is 12.2. The minimum absolute atomic E-state index is 0.257. The highest BCUT2D eigenvalue weighted by molar-refractivity contribution is 9.10. The quantitative estimate of drug-likeness (QED) is 0.839. The Kier molecular flexibility index (Phi) is 4.51. The third-order valence-corrected chi connectivity index (χ3v) is 5.37. The molecule has 0 bridgehead atoms. The first-order valence-electron chi connectivity index (χ1n) is 7.17. The van der Waals surface area contributed by atoms with E-state index in [0.717, 1.165) is 14.3 Å². The molecule has 0 atom stereocenters. The van der Waals surface area contributed by atoms with Crippen LogP contribution in [-0.2, 0) is 21.6 Å². The molecule has 8 heteroatoms. The molecular formula is C16H15BrN2O4S. The fourth-order valence-electron chi connectivity index (χ4n) is 2.52. The molecule has 126 valence electrons. The van der Waals surface area contributed by atoms with Crippen molar-refractivity contribution in [3.63, 3.8) is 0 Å². The van der Waals surface area contributed by atoms with Crippen molar-refractivity contribution in [3.8, 4) is 5.75 Å². The van der Waals surface area contributed by atoms with Gasteiger partial charge < -0.3 is 4.74 Å². The fraction of sp³-hybridized carbons (Fsp3) is 0.188. The predicted octanol–water partition coefficient (Wildman–Crippen LogP) is 2.52. The van der Waals surface area contributed by atoms with Crippen LogP contribution in [0, 0.1) is 6.92 Å². The van der Waals surface area contributed by atoms with Gasteiger partial charge in [-0.05, 0) is 30.2 Å². The zero-order chi connectivity index (χ0) is 17.3. The van der Waals surface area contributed by atoms with Gasteiger partial charge in [-0.2, -0.15) is 8.42 Å². The van der Waals surface area contributed by atoms with Crippen molar-refractivity contribution in [3.05, 3.63) is 58.1 Å². The van der Waals surface area contributed by atoms with E-state index in [1.165, 1.54) is 0 Å². The van der Waals surface area contributed by atoms with Crippen LogP contribution < -0.4 is 13.8 Å². The molecule has 1 aliphatic heterocycles. The van der Waals surface area contributed by atoms with Gasteiger partial charge in [0.25, 0.3) is 5.91 Å². The number of carbonyl (C=O) groups excluding carboxylic acids is 1. The van der Waals surface area contributed by atoms with E-state index >= 15 is 0 Å². The number of nitrogens with one attached hydrogen (secondary N) is 1. The molecule has 2 aromatic carbocycles. The van der Waals surface area contributed by atoms with E-state index in [2.05, 4.69) is 15.9 Å². The summed E-state index contributed by atoms with van der Waals surface area (Å²) >= 11 is 3.39. The minimum Gasteiger partial charge on any atom is -0.487 e. The Labute approximate surface area is 148 Å². The minimum atomic E-state index is -3.89. The summed E-state index contributed by atoms with van der Waals surface area (Å²) in [6, 6.07) is 13.0. The number of nitrogens with zero attached hydrogens (tertiary/aromatic N) is 1. The molecule has 6 nitrogen and oxygen atoms in total. The molecule has 1 aliphatic rings. The number of carbonyl (C=O) groups is 1. The van der Waals surface area contributed by atoms with E-state index in [9.17, 15) is 13.2 Å². The van der Waals surface area contributed by atoms with E-state index in [-0.39, 0.29) is 6.54 Å². The van der Waals surface area contributed by atoms with Gasteiger partial charge in [0.05, 0.1) is 5.69 Å². The molecular weight excluding hydrogens is 396 g/mol. The molecule has 1 saturated heterocycles. The first-order chi connectivity index (χ1) is 11.4. The number of rotatable bonds is 4. The second kappa shape index (κ2) is 6.45. The van der Waals surface area contributed by atoms with Crippen molar-refractivity contribution in [2.24, 2.45) is 0 Å². The topological polar surface area (TPSA) is 75.7 Å². The SMILES string of the molecule is Cc1cc(Br)cc(OCc2ccccc2)c1N1CC(=O)NS1(=O)=O. The highest BCUT2D eigenvalue weighted by atomic mass is 79.9. The van der Waals surface area contributed by atoms with Crippen molar-refractivity contribution in [2.75, 3.05) is 10.8 Å². The first kappa shape index (κ1) is 16.8. The molecule has 0 spiro atoms. The molecule has 1 amide bonds. The van der Waals surface area contributed by atoms with Gasteiger partial charge >= 0.3 is 10.2 Å². The lowest BCUT2D eigenvalue weighted by Gasteiger charge is -2.21. The monoisotopic (exact) mass is 410 g/mol. The molecule has 0 aliphatic carbocycles. The summed E-state index contributed by atoms with van der Waals surface area (Å²) in [6.45, 7) is 1.80. The van der Waals surface area contributed by atoms with Gasteiger partial charge in [0.15, 0.2) is 0 Å². The summed E-state index contributed by atoms with van der Waals surface area (Å²) in [4.78, 5) is 11.5. The van der Waals surface area contributed by atoms with Crippen molar-refractivity contribution in [2.45, 2.75) is 13.5 Å². The number of ether oxygens (including phenoxy) is 1. The summed E-state index contributed by atoms with van der Waals surface area (Å²) in [7, 11) is -3.89. The van der Waals surface area contributed by atoms with E-state index in [1.807, 2.05) is 35.1 Å². The summed E-state index contributed by atoms with van der Waals surface area (Å²) in [5.74, 6) is -0.169. The number of halogens is 1. The summed E-state index contributed by atoms with van der Waals surface area (Å²) < 4.78 is 34.0. The average Bonchev–Trinajstić information content (AvgIpc) is 2.78. The second-order valence-corrected chi connectivity index (χ2v) is 7.89. The normalized spacial score (nSPS) is 16.1. The zero-order valence-electron chi connectivity index (χ0n) is 12.8. The van der Waals surface area contributed by atoms with Gasteiger partial charge in [-0.1, -0.05) is 46.3 Å². The van der Waals surface area contributed by atoms with Gasteiger partial charge in [0.1, 0.15) is 18.9 Å². The number of amides is 1.